The maximum absolute atomic E-state index is 3.15. The molecule has 56 valence electrons. The van der Waals surface area contributed by atoms with Crippen LogP contribution in [0.25, 0.3) is 0 Å². The molecule has 0 aromatic rings. The Hall–Kier alpha value is 1.12. The average Bonchev–Trinajstić information content (AvgIpc) is 1.89. The molecule has 0 radical (unpaired) electrons. The lowest BCUT2D eigenvalue weighted by Gasteiger charge is -1.97. The zero-order valence-corrected chi connectivity index (χ0v) is 9.07. The third kappa shape index (κ3) is 9.12. The van der Waals surface area contributed by atoms with Crippen LogP contribution in [0, 0.1) is 0 Å². The first-order valence-electron chi connectivity index (χ1n) is 3.40. The molecule has 0 aliphatic carbocycles. The molecule has 0 rings (SSSR count). The molecular formula is C6H15INP. The molecule has 1 nitrogen and oxygen atoms in total. The Morgan fingerprint density at radius 1 is 1.33 bits per heavy atom. The first-order chi connectivity index (χ1) is 4.41. The molecule has 1 N–H and O–H groups in total. The normalized spacial score (nSPS) is 11.3. The maximum atomic E-state index is 3.15. The van der Waals surface area contributed by atoms with Crippen LogP contribution in [0.3, 0.4) is 0 Å². The smallest absolute Gasteiger partial charge is 0.00519 e. The second-order valence-electron chi connectivity index (χ2n) is 2.05. The van der Waals surface area contributed by atoms with Gasteiger partial charge in [0.25, 0.3) is 0 Å². The molecule has 3 heteroatoms. The van der Waals surface area contributed by atoms with Gasteiger partial charge in [-0.25, -0.2) is 0 Å². The van der Waals surface area contributed by atoms with Crippen molar-refractivity contribution in [1.29, 1.82) is 0 Å². The largest absolute Gasteiger partial charge is 0.320 e. The van der Waals surface area contributed by atoms with Crippen molar-refractivity contribution in [3.05, 3.63) is 0 Å². The SMILES string of the molecule is CNCCCCCPI. The summed E-state index contributed by atoms with van der Waals surface area (Å²) in [6.07, 6.45) is 6.70. The molecule has 0 aromatic carbocycles. The van der Waals surface area contributed by atoms with Crippen molar-refractivity contribution in [3.8, 4) is 0 Å². The van der Waals surface area contributed by atoms with E-state index in [-0.39, 0.29) is 0 Å². The fourth-order valence-corrected chi connectivity index (χ4v) is 2.20. The molecule has 0 fully saturated rings. The molecule has 0 aliphatic rings. The minimum atomic E-state index is 1.12. The Labute approximate surface area is 72.6 Å². The van der Waals surface area contributed by atoms with Gasteiger partial charge in [-0.2, -0.15) is 0 Å². The van der Waals surface area contributed by atoms with Crippen LogP contribution in [0.15, 0.2) is 0 Å². The summed E-state index contributed by atoms with van der Waals surface area (Å²) in [5.41, 5.74) is 0. The van der Waals surface area contributed by atoms with Crippen LogP contribution < -0.4 is 5.32 Å². The molecule has 1 unspecified atom stereocenters. The summed E-state index contributed by atoms with van der Waals surface area (Å²) >= 11 is 2.46. The molecule has 0 bridgehead atoms. The number of hydrogen-bond acceptors (Lipinski definition) is 1. The maximum Gasteiger partial charge on any atom is -0.00519 e. The van der Waals surface area contributed by atoms with E-state index in [1.54, 1.807) is 0 Å². The van der Waals surface area contributed by atoms with Crippen LogP contribution in [0.5, 0.6) is 0 Å². The lowest BCUT2D eigenvalue weighted by atomic mass is 10.2. The summed E-state index contributed by atoms with van der Waals surface area (Å²) in [4.78, 5) is 0. The number of rotatable bonds is 6. The van der Waals surface area contributed by atoms with Crippen molar-refractivity contribution in [1.82, 2.24) is 5.32 Å². The predicted molar refractivity (Wildman–Crippen MR) is 55.0 cm³/mol. The molecule has 0 aromatic heterocycles. The van der Waals surface area contributed by atoms with E-state index in [9.17, 15) is 0 Å². The fourth-order valence-electron chi connectivity index (χ4n) is 0.670. The summed E-state index contributed by atoms with van der Waals surface area (Å²) in [5.74, 6) is 0. The quantitative estimate of drug-likeness (QED) is 0.439. The Kier molecular flexibility index (Phi) is 10.3. The molecule has 0 spiro atoms. The highest BCUT2D eigenvalue weighted by molar-refractivity contribution is 14.2. The number of unbranched alkanes of at least 4 members (excludes halogenated alkanes) is 2. The van der Waals surface area contributed by atoms with Gasteiger partial charge in [0.05, 0.1) is 0 Å². The van der Waals surface area contributed by atoms with Crippen molar-refractivity contribution < 1.29 is 0 Å². The van der Waals surface area contributed by atoms with E-state index in [1.807, 2.05) is 7.05 Å². The van der Waals surface area contributed by atoms with Gasteiger partial charge in [-0.15, -0.1) is 0 Å². The van der Waals surface area contributed by atoms with Crippen molar-refractivity contribution >= 4 is 28.3 Å². The lowest BCUT2D eigenvalue weighted by molar-refractivity contribution is 0.670. The van der Waals surface area contributed by atoms with E-state index >= 15 is 0 Å². The van der Waals surface area contributed by atoms with Crippen molar-refractivity contribution in [2.45, 2.75) is 19.3 Å². The van der Waals surface area contributed by atoms with Gasteiger partial charge in [0, 0.05) is 0 Å². The third-order valence-electron chi connectivity index (χ3n) is 1.20. The van der Waals surface area contributed by atoms with Crippen LogP contribution in [0.1, 0.15) is 19.3 Å². The Morgan fingerprint density at radius 3 is 2.67 bits per heavy atom. The number of nitrogens with one attached hydrogen (secondary N) is 1. The van der Waals surface area contributed by atoms with Crippen LogP contribution in [-0.2, 0) is 0 Å². The molecule has 0 saturated carbocycles. The molecule has 0 heterocycles. The van der Waals surface area contributed by atoms with Crippen LogP contribution in [0.4, 0.5) is 0 Å². The van der Waals surface area contributed by atoms with Crippen molar-refractivity contribution in [3.63, 3.8) is 0 Å². The molecular weight excluding hydrogens is 244 g/mol. The second kappa shape index (κ2) is 9.12. The summed E-state index contributed by atoms with van der Waals surface area (Å²) in [5, 5.41) is 3.15. The Morgan fingerprint density at radius 2 is 2.11 bits per heavy atom. The molecule has 0 amide bonds. The first kappa shape index (κ1) is 10.1. The second-order valence-corrected chi connectivity index (χ2v) is 5.10. The first-order valence-corrected chi connectivity index (χ1v) is 7.72. The highest BCUT2D eigenvalue weighted by Crippen LogP contribution is 2.21. The Balaban J connectivity index is 2.60. The minimum absolute atomic E-state index is 1.12. The highest BCUT2D eigenvalue weighted by atomic mass is 127. The monoisotopic (exact) mass is 259 g/mol. The van der Waals surface area contributed by atoms with E-state index in [4.69, 9.17) is 0 Å². The van der Waals surface area contributed by atoms with Crippen LogP contribution in [-0.4, -0.2) is 19.8 Å². The summed E-state index contributed by atoms with van der Waals surface area (Å²) in [6.45, 7) is 1.18. The zero-order valence-electron chi connectivity index (χ0n) is 5.91. The van der Waals surface area contributed by atoms with E-state index in [0.29, 0.717) is 0 Å². The average molecular weight is 259 g/mol. The van der Waals surface area contributed by atoms with Crippen molar-refractivity contribution in [2.24, 2.45) is 0 Å². The summed E-state index contributed by atoms with van der Waals surface area (Å²) in [6, 6.07) is 0. The summed E-state index contributed by atoms with van der Waals surface area (Å²) < 4.78 is 0. The highest BCUT2D eigenvalue weighted by Gasteiger charge is 1.85. The topological polar surface area (TPSA) is 12.0 Å². The molecule has 0 saturated heterocycles. The van der Waals surface area contributed by atoms with Crippen LogP contribution >= 0.6 is 28.3 Å². The van der Waals surface area contributed by atoms with E-state index < -0.39 is 0 Å². The standard InChI is InChI=1S/C6H15INP/c1-8-5-3-2-4-6-9-7/h8-9H,2-6H2,1H3. The van der Waals surface area contributed by atoms with E-state index in [1.165, 1.54) is 32.0 Å². The van der Waals surface area contributed by atoms with Gasteiger partial charge < -0.3 is 5.32 Å². The minimum Gasteiger partial charge on any atom is -0.320 e. The lowest BCUT2D eigenvalue weighted by Crippen LogP contribution is -2.06. The number of hydrogen-bond donors (Lipinski definition) is 1. The third-order valence-corrected chi connectivity index (χ3v) is 3.36. The van der Waals surface area contributed by atoms with Gasteiger partial charge in [0.1, 0.15) is 0 Å². The Bertz CT molecular complexity index is 46.3. The van der Waals surface area contributed by atoms with Crippen molar-refractivity contribution in [2.75, 3.05) is 19.8 Å². The van der Waals surface area contributed by atoms with E-state index in [0.717, 1.165) is 6.22 Å². The number of halogens is 1. The van der Waals surface area contributed by atoms with E-state index in [2.05, 4.69) is 27.4 Å². The van der Waals surface area contributed by atoms with Gasteiger partial charge in [0.15, 0.2) is 0 Å². The molecule has 0 aliphatic heterocycles. The summed E-state index contributed by atoms with van der Waals surface area (Å²) in [7, 11) is 2.01. The van der Waals surface area contributed by atoms with Gasteiger partial charge in [0.2, 0.25) is 0 Å². The zero-order chi connectivity index (χ0) is 6.95. The molecule has 1 atom stereocenters. The fraction of sp³-hybridized carbons (Fsp3) is 1.00. The van der Waals surface area contributed by atoms with Gasteiger partial charge >= 0.3 is 0 Å². The van der Waals surface area contributed by atoms with Gasteiger partial charge in [-0.1, -0.05) is 34.7 Å². The van der Waals surface area contributed by atoms with Crippen LogP contribution in [0.2, 0.25) is 0 Å². The van der Waals surface area contributed by atoms with Gasteiger partial charge in [-0.3, -0.25) is 0 Å². The molecule has 9 heavy (non-hydrogen) atoms. The van der Waals surface area contributed by atoms with Gasteiger partial charge in [-0.05, 0) is 32.6 Å². The predicted octanol–water partition coefficient (Wildman–Crippen LogP) is 2.40.